The quantitative estimate of drug-likeness (QED) is 0.692. The summed E-state index contributed by atoms with van der Waals surface area (Å²) in [7, 11) is 1.76. The second-order valence-corrected chi connectivity index (χ2v) is 2.94. The number of rotatable bonds is 4. The second kappa shape index (κ2) is 4.18. The Morgan fingerprint density at radius 3 is 2.85 bits per heavy atom. The van der Waals surface area contributed by atoms with Crippen molar-refractivity contribution in [2.75, 3.05) is 13.6 Å². The van der Waals surface area contributed by atoms with E-state index in [0.717, 1.165) is 17.8 Å². The normalized spacial score (nSPS) is 10.4. The summed E-state index contributed by atoms with van der Waals surface area (Å²) in [6, 6.07) is 0. The van der Waals surface area contributed by atoms with Crippen molar-refractivity contribution >= 4 is 5.78 Å². The van der Waals surface area contributed by atoms with Gasteiger partial charge >= 0.3 is 0 Å². The molecular weight excluding hydrogens is 166 g/mol. The minimum atomic E-state index is 0.0969. The van der Waals surface area contributed by atoms with Gasteiger partial charge in [-0.1, -0.05) is 0 Å². The third kappa shape index (κ3) is 2.15. The lowest BCUT2D eigenvalue weighted by Crippen LogP contribution is -2.18. The number of nitrogens with one attached hydrogen (secondary N) is 1. The molecule has 0 aliphatic rings. The Morgan fingerprint density at radius 1 is 1.69 bits per heavy atom. The molecular formula is C9H15N3O. The van der Waals surface area contributed by atoms with E-state index in [2.05, 4.69) is 10.4 Å². The van der Waals surface area contributed by atoms with E-state index in [1.54, 1.807) is 17.9 Å². The molecule has 4 heteroatoms. The van der Waals surface area contributed by atoms with Crippen LogP contribution in [0.5, 0.6) is 0 Å². The molecule has 0 saturated heterocycles. The van der Waals surface area contributed by atoms with Crippen LogP contribution in [0.4, 0.5) is 0 Å². The fourth-order valence-corrected chi connectivity index (χ4v) is 1.21. The maximum absolute atomic E-state index is 11.5. The molecule has 0 saturated carbocycles. The molecule has 0 aliphatic carbocycles. The summed E-state index contributed by atoms with van der Waals surface area (Å²) >= 11 is 0. The predicted octanol–water partition coefficient (Wildman–Crippen LogP) is 0.614. The third-order valence-electron chi connectivity index (χ3n) is 1.91. The summed E-state index contributed by atoms with van der Waals surface area (Å²) in [5.41, 5.74) is 1.53. The van der Waals surface area contributed by atoms with Crippen molar-refractivity contribution in [2.45, 2.75) is 20.4 Å². The van der Waals surface area contributed by atoms with Crippen molar-refractivity contribution in [1.29, 1.82) is 0 Å². The van der Waals surface area contributed by atoms with Crippen LogP contribution in [0.15, 0.2) is 6.20 Å². The molecule has 1 N–H and O–H groups in total. The lowest BCUT2D eigenvalue weighted by Gasteiger charge is -1.95. The van der Waals surface area contributed by atoms with Crippen molar-refractivity contribution in [3.8, 4) is 0 Å². The summed E-state index contributed by atoms with van der Waals surface area (Å²) in [5, 5.41) is 7.03. The van der Waals surface area contributed by atoms with E-state index >= 15 is 0 Å². The molecule has 0 fully saturated rings. The number of likely N-dealkylation sites (N-methyl/N-ethyl adjacent to an activating group) is 1. The summed E-state index contributed by atoms with van der Waals surface area (Å²) in [6.07, 6.45) is 1.80. The molecule has 72 valence electrons. The van der Waals surface area contributed by atoms with Gasteiger partial charge in [-0.05, 0) is 20.9 Å². The van der Waals surface area contributed by atoms with Gasteiger partial charge in [-0.25, -0.2) is 0 Å². The van der Waals surface area contributed by atoms with E-state index in [9.17, 15) is 4.79 Å². The van der Waals surface area contributed by atoms with Gasteiger partial charge in [0.1, 0.15) is 0 Å². The number of carbonyl (C=O) groups is 1. The van der Waals surface area contributed by atoms with Crippen molar-refractivity contribution in [3.05, 3.63) is 17.5 Å². The summed E-state index contributed by atoms with van der Waals surface area (Å²) in [5.74, 6) is 0.0969. The van der Waals surface area contributed by atoms with Gasteiger partial charge in [0, 0.05) is 12.7 Å². The zero-order valence-corrected chi connectivity index (χ0v) is 8.29. The van der Waals surface area contributed by atoms with Crippen molar-refractivity contribution < 1.29 is 4.79 Å². The minimum absolute atomic E-state index is 0.0969. The number of aromatic nitrogens is 2. The van der Waals surface area contributed by atoms with Crippen LogP contribution in [-0.4, -0.2) is 29.2 Å². The highest BCUT2D eigenvalue weighted by molar-refractivity contribution is 5.98. The van der Waals surface area contributed by atoms with Crippen LogP contribution in [0.1, 0.15) is 23.0 Å². The van der Waals surface area contributed by atoms with Crippen LogP contribution in [0, 0.1) is 6.92 Å². The average molecular weight is 181 g/mol. The van der Waals surface area contributed by atoms with Gasteiger partial charge in [-0.2, -0.15) is 5.10 Å². The lowest BCUT2D eigenvalue weighted by atomic mass is 10.2. The Bertz CT molecular complexity index is 304. The number of aryl methyl sites for hydroxylation is 2. The zero-order chi connectivity index (χ0) is 9.84. The van der Waals surface area contributed by atoms with Crippen LogP contribution < -0.4 is 5.32 Å². The first-order valence-electron chi connectivity index (χ1n) is 4.41. The maximum atomic E-state index is 11.5. The molecule has 0 amide bonds. The average Bonchev–Trinajstić information content (AvgIpc) is 2.47. The first kappa shape index (κ1) is 9.92. The first-order valence-corrected chi connectivity index (χ1v) is 4.41. The topological polar surface area (TPSA) is 46.9 Å². The van der Waals surface area contributed by atoms with Gasteiger partial charge in [-0.3, -0.25) is 9.48 Å². The predicted molar refractivity (Wildman–Crippen MR) is 50.9 cm³/mol. The van der Waals surface area contributed by atoms with E-state index in [4.69, 9.17) is 0 Å². The van der Waals surface area contributed by atoms with Crippen LogP contribution in [-0.2, 0) is 6.54 Å². The van der Waals surface area contributed by atoms with Gasteiger partial charge in [0.05, 0.1) is 17.8 Å². The fourth-order valence-electron chi connectivity index (χ4n) is 1.21. The zero-order valence-electron chi connectivity index (χ0n) is 8.29. The Kier molecular flexibility index (Phi) is 3.19. The molecule has 1 aromatic heterocycles. The smallest absolute Gasteiger partial charge is 0.180 e. The van der Waals surface area contributed by atoms with Crippen molar-refractivity contribution in [2.24, 2.45) is 0 Å². The largest absolute Gasteiger partial charge is 0.313 e. The summed E-state index contributed by atoms with van der Waals surface area (Å²) < 4.78 is 1.78. The SMILES string of the molecule is CCn1cc(C(=O)CNC)c(C)n1. The summed E-state index contributed by atoms with van der Waals surface area (Å²) in [4.78, 5) is 11.5. The van der Waals surface area contributed by atoms with E-state index in [1.807, 2.05) is 13.8 Å². The number of Topliss-reactive ketones (excluding diaryl/α,β-unsaturated/α-hetero) is 1. The van der Waals surface area contributed by atoms with Crippen LogP contribution in [0.25, 0.3) is 0 Å². The molecule has 13 heavy (non-hydrogen) atoms. The molecule has 1 heterocycles. The highest BCUT2D eigenvalue weighted by Gasteiger charge is 2.11. The molecule has 0 spiro atoms. The molecule has 1 rings (SSSR count). The maximum Gasteiger partial charge on any atom is 0.180 e. The van der Waals surface area contributed by atoms with Gasteiger partial charge in [0.2, 0.25) is 0 Å². The van der Waals surface area contributed by atoms with Gasteiger partial charge in [0.25, 0.3) is 0 Å². The van der Waals surface area contributed by atoms with E-state index < -0.39 is 0 Å². The van der Waals surface area contributed by atoms with Crippen LogP contribution >= 0.6 is 0 Å². The highest BCUT2D eigenvalue weighted by Crippen LogP contribution is 2.05. The monoisotopic (exact) mass is 181 g/mol. The van der Waals surface area contributed by atoms with E-state index in [1.165, 1.54) is 0 Å². The Labute approximate surface area is 77.9 Å². The Hall–Kier alpha value is -1.16. The van der Waals surface area contributed by atoms with E-state index in [-0.39, 0.29) is 5.78 Å². The van der Waals surface area contributed by atoms with Gasteiger partial charge in [-0.15, -0.1) is 0 Å². The standard InChI is InChI=1S/C9H15N3O/c1-4-12-6-8(7(2)11-12)9(13)5-10-3/h6,10H,4-5H2,1-3H3. The molecule has 0 bridgehead atoms. The van der Waals surface area contributed by atoms with E-state index in [0.29, 0.717) is 6.54 Å². The highest BCUT2D eigenvalue weighted by atomic mass is 16.1. The summed E-state index contributed by atoms with van der Waals surface area (Å²) in [6.45, 7) is 5.03. The van der Waals surface area contributed by atoms with Crippen molar-refractivity contribution in [3.63, 3.8) is 0 Å². The minimum Gasteiger partial charge on any atom is -0.313 e. The Morgan fingerprint density at radius 2 is 2.38 bits per heavy atom. The van der Waals surface area contributed by atoms with Crippen molar-refractivity contribution in [1.82, 2.24) is 15.1 Å². The van der Waals surface area contributed by atoms with Crippen LogP contribution in [0.3, 0.4) is 0 Å². The molecule has 0 aromatic carbocycles. The number of ketones is 1. The number of nitrogens with zero attached hydrogens (tertiary/aromatic N) is 2. The number of carbonyl (C=O) groups excluding carboxylic acids is 1. The van der Waals surface area contributed by atoms with Crippen LogP contribution in [0.2, 0.25) is 0 Å². The van der Waals surface area contributed by atoms with Gasteiger partial charge in [0.15, 0.2) is 5.78 Å². The molecule has 0 aliphatic heterocycles. The van der Waals surface area contributed by atoms with Gasteiger partial charge < -0.3 is 5.32 Å². The molecule has 1 aromatic rings. The number of hydrogen-bond donors (Lipinski definition) is 1. The molecule has 0 atom stereocenters. The molecule has 0 radical (unpaired) electrons. The Balaban J connectivity index is 2.87. The molecule has 0 unspecified atom stereocenters. The molecule has 4 nitrogen and oxygen atoms in total. The first-order chi connectivity index (χ1) is 6.19. The number of hydrogen-bond acceptors (Lipinski definition) is 3. The fraction of sp³-hybridized carbons (Fsp3) is 0.556. The third-order valence-corrected chi connectivity index (χ3v) is 1.91. The second-order valence-electron chi connectivity index (χ2n) is 2.94. The lowest BCUT2D eigenvalue weighted by molar-refractivity contribution is 0.0993.